The van der Waals surface area contributed by atoms with E-state index in [1.807, 2.05) is 0 Å². The number of rotatable bonds is 2. The van der Waals surface area contributed by atoms with Crippen molar-refractivity contribution in [2.75, 3.05) is 7.05 Å². The molecule has 3 nitrogen and oxygen atoms in total. The van der Waals surface area contributed by atoms with E-state index in [9.17, 15) is 0 Å². The van der Waals surface area contributed by atoms with Crippen molar-refractivity contribution in [3.8, 4) is 0 Å². The Hall–Kier alpha value is -0.830. The van der Waals surface area contributed by atoms with E-state index in [4.69, 9.17) is 5.21 Å². The Morgan fingerprint density at radius 1 is 1.88 bits per heavy atom. The molecule has 0 aliphatic heterocycles. The van der Waals surface area contributed by atoms with E-state index in [1.165, 1.54) is 13.4 Å². The van der Waals surface area contributed by atoms with E-state index in [2.05, 4.69) is 11.6 Å². The van der Waals surface area contributed by atoms with Gasteiger partial charge in [0, 0.05) is 12.7 Å². The maximum Gasteiger partial charge on any atom is 0.115 e. The lowest BCUT2D eigenvalue weighted by Gasteiger charge is -1.98. The number of hydrogen-bond acceptors (Lipinski definition) is 2. The molecule has 0 aromatic heterocycles. The highest BCUT2D eigenvalue weighted by Gasteiger charge is 1.76. The van der Waals surface area contributed by atoms with E-state index in [0.29, 0.717) is 5.70 Å². The van der Waals surface area contributed by atoms with Gasteiger partial charge in [0.25, 0.3) is 0 Å². The molecule has 3 heteroatoms. The molecule has 46 valence electrons. The van der Waals surface area contributed by atoms with Crippen LogP contribution < -0.4 is 0 Å². The second-order valence-corrected chi connectivity index (χ2v) is 1.55. The maximum absolute atomic E-state index is 8.44. The summed E-state index contributed by atoms with van der Waals surface area (Å²) < 4.78 is 0. The van der Waals surface area contributed by atoms with Crippen LogP contribution in [0.1, 0.15) is 6.92 Å². The highest BCUT2D eigenvalue weighted by Crippen LogP contribution is 1.84. The summed E-state index contributed by atoms with van der Waals surface area (Å²) in [6.07, 6.45) is 1.28. The molecule has 1 N–H and O–H groups in total. The molecule has 0 aromatic rings. The fraction of sp³-hybridized carbons (Fsp3) is 0.400. The molecular formula is C5H10N2O. The number of aliphatic imine (C=N–C) groups is 1. The highest BCUT2D eigenvalue weighted by atomic mass is 16.5. The molecule has 0 aliphatic rings. The molecule has 0 radical (unpaired) electrons. The van der Waals surface area contributed by atoms with E-state index < -0.39 is 0 Å². The van der Waals surface area contributed by atoms with Crippen LogP contribution in [0.5, 0.6) is 0 Å². The molecule has 0 bridgehead atoms. The van der Waals surface area contributed by atoms with Gasteiger partial charge >= 0.3 is 0 Å². The largest absolute Gasteiger partial charge is 0.288 e. The van der Waals surface area contributed by atoms with E-state index in [-0.39, 0.29) is 0 Å². The van der Waals surface area contributed by atoms with Crippen LogP contribution in [0.2, 0.25) is 0 Å². The van der Waals surface area contributed by atoms with Crippen molar-refractivity contribution in [3.05, 3.63) is 12.3 Å². The summed E-state index contributed by atoms with van der Waals surface area (Å²) in [5.74, 6) is 0. The van der Waals surface area contributed by atoms with Crippen LogP contribution in [0, 0.1) is 0 Å². The molecule has 0 aromatic carbocycles. The minimum absolute atomic E-state index is 0.672. The summed E-state index contributed by atoms with van der Waals surface area (Å²) in [6, 6.07) is 0. The Kier molecular flexibility index (Phi) is 2.88. The fourth-order valence-electron chi connectivity index (χ4n) is 0.182. The standard InChI is InChI=1S/C5H10N2O/c1-5(2)6-4-7(3)8/h4,8H,1H2,2-3H3/b6-4-. The third-order valence-electron chi connectivity index (χ3n) is 0.445. The van der Waals surface area contributed by atoms with Crippen LogP contribution >= 0.6 is 0 Å². The van der Waals surface area contributed by atoms with Crippen LogP contribution in [-0.2, 0) is 0 Å². The molecule has 0 spiro atoms. The first-order chi connectivity index (χ1) is 3.63. The first-order valence-electron chi connectivity index (χ1n) is 2.24. The maximum atomic E-state index is 8.44. The van der Waals surface area contributed by atoms with E-state index in [1.54, 1.807) is 6.92 Å². The van der Waals surface area contributed by atoms with Gasteiger partial charge in [-0.15, -0.1) is 0 Å². The fourth-order valence-corrected chi connectivity index (χ4v) is 0.182. The molecular weight excluding hydrogens is 104 g/mol. The normalized spacial score (nSPS) is 9.88. The molecule has 0 amide bonds. The Morgan fingerprint density at radius 2 is 2.38 bits per heavy atom. The Labute approximate surface area is 48.9 Å². The average Bonchev–Trinajstić information content (AvgIpc) is 1.61. The van der Waals surface area contributed by atoms with Gasteiger partial charge in [0.15, 0.2) is 0 Å². The predicted octanol–water partition coefficient (Wildman–Crippen LogP) is 0.869. The number of hydrogen-bond donors (Lipinski definition) is 1. The quantitative estimate of drug-likeness (QED) is 0.328. The SMILES string of the molecule is C=C(C)/N=C\N(C)O. The van der Waals surface area contributed by atoms with Crippen molar-refractivity contribution in [2.45, 2.75) is 6.92 Å². The Bertz CT molecular complexity index is 107. The molecule has 0 aliphatic carbocycles. The zero-order chi connectivity index (χ0) is 6.57. The summed E-state index contributed by atoms with van der Waals surface area (Å²) in [5.41, 5.74) is 0.672. The van der Waals surface area contributed by atoms with E-state index in [0.717, 1.165) is 5.06 Å². The van der Waals surface area contributed by atoms with Crippen LogP contribution in [0.4, 0.5) is 0 Å². The van der Waals surface area contributed by atoms with Gasteiger partial charge in [-0.25, -0.2) is 10.1 Å². The number of nitrogens with zero attached hydrogens (tertiary/aromatic N) is 2. The second-order valence-electron chi connectivity index (χ2n) is 1.55. The van der Waals surface area contributed by atoms with Gasteiger partial charge in [-0.2, -0.15) is 0 Å². The molecule has 0 rings (SSSR count). The molecule has 0 fully saturated rings. The monoisotopic (exact) mass is 114 g/mol. The van der Waals surface area contributed by atoms with Gasteiger partial charge in [-0.1, -0.05) is 6.58 Å². The van der Waals surface area contributed by atoms with Crippen LogP contribution in [0.15, 0.2) is 17.3 Å². The third kappa shape index (κ3) is 5.17. The number of allylic oxidation sites excluding steroid dienone is 1. The summed E-state index contributed by atoms with van der Waals surface area (Å²) in [4.78, 5) is 3.68. The lowest BCUT2D eigenvalue weighted by Crippen LogP contribution is -2.08. The molecule has 0 heterocycles. The van der Waals surface area contributed by atoms with Crippen molar-refractivity contribution in [1.82, 2.24) is 5.06 Å². The van der Waals surface area contributed by atoms with Crippen molar-refractivity contribution in [3.63, 3.8) is 0 Å². The van der Waals surface area contributed by atoms with Crippen molar-refractivity contribution in [1.29, 1.82) is 0 Å². The third-order valence-corrected chi connectivity index (χ3v) is 0.445. The van der Waals surface area contributed by atoms with Gasteiger partial charge in [0.05, 0.1) is 0 Å². The van der Waals surface area contributed by atoms with Gasteiger partial charge in [0.1, 0.15) is 6.34 Å². The molecule has 0 saturated carbocycles. The summed E-state index contributed by atoms with van der Waals surface area (Å²) in [7, 11) is 1.48. The molecule has 0 atom stereocenters. The topological polar surface area (TPSA) is 35.8 Å². The molecule has 0 saturated heterocycles. The highest BCUT2D eigenvalue weighted by molar-refractivity contribution is 5.54. The summed E-state index contributed by atoms with van der Waals surface area (Å²) in [6.45, 7) is 5.24. The van der Waals surface area contributed by atoms with Crippen LogP contribution in [0.3, 0.4) is 0 Å². The van der Waals surface area contributed by atoms with Gasteiger partial charge in [-0.3, -0.25) is 5.21 Å². The molecule has 0 unspecified atom stereocenters. The predicted molar refractivity (Wildman–Crippen MR) is 32.9 cm³/mol. The van der Waals surface area contributed by atoms with Crippen LogP contribution in [0.25, 0.3) is 0 Å². The van der Waals surface area contributed by atoms with Crippen molar-refractivity contribution < 1.29 is 5.21 Å². The van der Waals surface area contributed by atoms with Gasteiger partial charge in [0.2, 0.25) is 0 Å². The first kappa shape index (κ1) is 7.17. The second kappa shape index (κ2) is 3.21. The Morgan fingerprint density at radius 3 is 2.50 bits per heavy atom. The zero-order valence-electron chi connectivity index (χ0n) is 5.13. The Balaban J connectivity index is 3.50. The number of hydroxylamine groups is 2. The lowest BCUT2D eigenvalue weighted by molar-refractivity contribution is 0.0199. The summed E-state index contributed by atoms with van der Waals surface area (Å²) in [5, 5.41) is 9.31. The summed E-state index contributed by atoms with van der Waals surface area (Å²) >= 11 is 0. The van der Waals surface area contributed by atoms with E-state index >= 15 is 0 Å². The van der Waals surface area contributed by atoms with Gasteiger partial charge < -0.3 is 0 Å². The van der Waals surface area contributed by atoms with Gasteiger partial charge in [-0.05, 0) is 6.92 Å². The van der Waals surface area contributed by atoms with Crippen molar-refractivity contribution >= 4 is 6.34 Å². The smallest absolute Gasteiger partial charge is 0.115 e. The minimum Gasteiger partial charge on any atom is -0.288 e. The zero-order valence-corrected chi connectivity index (χ0v) is 5.13. The first-order valence-corrected chi connectivity index (χ1v) is 2.24. The average molecular weight is 114 g/mol. The minimum atomic E-state index is 0.672. The van der Waals surface area contributed by atoms with Crippen LogP contribution in [-0.4, -0.2) is 23.7 Å². The lowest BCUT2D eigenvalue weighted by atomic mass is 10.6. The molecule has 8 heavy (non-hydrogen) atoms. The van der Waals surface area contributed by atoms with Crippen molar-refractivity contribution in [2.24, 2.45) is 4.99 Å².